The van der Waals surface area contributed by atoms with Crippen molar-refractivity contribution >= 4 is 47.6 Å². The quantitative estimate of drug-likeness (QED) is 0.0370. The van der Waals surface area contributed by atoms with Crippen LogP contribution in [0.1, 0.15) is 96.6 Å². The van der Waals surface area contributed by atoms with Gasteiger partial charge in [0.25, 0.3) is 0 Å². The van der Waals surface area contributed by atoms with Gasteiger partial charge in [-0.25, -0.2) is 4.79 Å². The molecule has 27 heteroatoms. The third-order valence-electron chi connectivity index (χ3n) is 12.9. The van der Waals surface area contributed by atoms with E-state index in [1.165, 1.54) is 13.8 Å². The zero-order valence-electron chi connectivity index (χ0n) is 52.1. The van der Waals surface area contributed by atoms with Gasteiger partial charge in [-0.3, -0.25) is 33.6 Å². The predicted octanol–water partition coefficient (Wildman–Crippen LogP) is 2.57. The topological polar surface area (TPSA) is 340 Å². The molecule has 88 heavy (non-hydrogen) atoms. The van der Waals surface area contributed by atoms with Crippen molar-refractivity contribution in [1.29, 1.82) is 0 Å². The molecule has 0 aliphatic heterocycles. The van der Waals surface area contributed by atoms with Crippen LogP contribution >= 0.6 is 0 Å². The molecular formula is C61H96N6O21. The van der Waals surface area contributed by atoms with Crippen LogP contribution in [0.25, 0.3) is 11.1 Å². The van der Waals surface area contributed by atoms with E-state index in [-0.39, 0.29) is 83.4 Å². The van der Waals surface area contributed by atoms with Gasteiger partial charge >= 0.3 is 18.0 Å². The molecular weight excluding hydrogens is 1150 g/mol. The van der Waals surface area contributed by atoms with Crippen LogP contribution in [0, 0.1) is 0 Å². The number of benzene rings is 2. The average molecular weight is 1250 g/mol. The Hall–Kier alpha value is -6.40. The van der Waals surface area contributed by atoms with Crippen molar-refractivity contribution in [3.8, 4) is 11.1 Å². The molecule has 0 saturated heterocycles. The zero-order valence-corrected chi connectivity index (χ0v) is 52.1. The van der Waals surface area contributed by atoms with E-state index in [4.69, 9.17) is 56.8 Å². The van der Waals surface area contributed by atoms with Gasteiger partial charge in [-0.05, 0) is 89.0 Å². The first kappa shape index (κ1) is 75.8. The van der Waals surface area contributed by atoms with E-state index in [0.29, 0.717) is 119 Å². The van der Waals surface area contributed by atoms with Gasteiger partial charge in [-0.1, -0.05) is 48.5 Å². The van der Waals surface area contributed by atoms with Crippen molar-refractivity contribution in [1.82, 2.24) is 31.9 Å². The normalized spacial score (nSPS) is 13.2. The predicted molar refractivity (Wildman–Crippen MR) is 320 cm³/mol. The fourth-order valence-electron chi connectivity index (χ4n) is 8.42. The van der Waals surface area contributed by atoms with E-state index in [0.717, 1.165) is 22.3 Å². The molecule has 6 amide bonds. The summed E-state index contributed by atoms with van der Waals surface area (Å²) in [4.78, 5) is 103. The number of rotatable bonds is 51. The number of alkyl carbamates (subject to hydrolysis) is 1. The van der Waals surface area contributed by atoms with Crippen LogP contribution in [-0.4, -0.2) is 235 Å². The Morgan fingerprint density at radius 3 is 1.43 bits per heavy atom. The molecule has 2 aromatic rings. The van der Waals surface area contributed by atoms with Crippen LogP contribution < -0.4 is 31.9 Å². The zero-order chi connectivity index (χ0) is 64.2. The lowest BCUT2D eigenvalue weighted by atomic mass is 9.98. The summed E-state index contributed by atoms with van der Waals surface area (Å²) in [5, 5.41) is 24.7. The number of methoxy groups -OCH3 is 1. The largest absolute Gasteiger partial charge is 0.480 e. The molecule has 2 aromatic carbocycles. The number of hydrogen-bond acceptors (Lipinski definition) is 20. The summed E-state index contributed by atoms with van der Waals surface area (Å²) in [6, 6.07) is 11.0. The maximum atomic E-state index is 13.7. The molecule has 4 atom stereocenters. The first-order chi connectivity index (χ1) is 42.4. The van der Waals surface area contributed by atoms with Crippen molar-refractivity contribution in [3.63, 3.8) is 0 Å². The number of hydrogen-bond donors (Lipinski definition) is 7. The van der Waals surface area contributed by atoms with Crippen molar-refractivity contribution in [3.05, 3.63) is 59.7 Å². The highest BCUT2D eigenvalue weighted by Gasteiger charge is 2.31. The van der Waals surface area contributed by atoms with Gasteiger partial charge in [-0.2, -0.15) is 0 Å². The number of unbranched alkanes of at least 4 members (excludes halogenated alkanes) is 1. The van der Waals surface area contributed by atoms with E-state index in [1.807, 2.05) is 48.5 Å². The van der Waals surface area contributed by atoms with Gasteiger partial charge in [0, 0.05) is 39.0 Å². The Kier molecular flexibility index (Phi) is 39.5. The van der Waals surface area contributed by atoms with Crippen LogP contribution in [0.3, 0.4) is 0 Å². The molecule has 3 rings (SSSR count). The summed E-state index contributed by atoms with van der Waals surface area (Å²) < 4.78 is 65.2. The SMILES string of the molecule is COCCOCCOCCOCCOCCOCCOCCOCCOCCOCC(=O)NCCCC[C@H](NC(=O)OCC1c2ccccc2-c2ccccc21)C(=O)NCCCC(=O)N[C@@H](CCC(=O)OC(C)(C)C)C(=O)N[C@@H](C)C(=O)N[C@@H](C)C(=O)O. The van der Waals surface area contributed by atoms with Gasteiger partial charge < -0.3 is 93.8 Å². The van der Waals surface area contributed by atoms with Crippen LogP contribution in [0.15, 0.2) is 48.5 Å². The summed E-state index contributed by atoms with van der Waals surface area (Å²) in [7, 11) is 1.63. The van der Waals surface area contributed by atoms with Crippen molar-refractivity contribution in [2.24, 2.45) is 0 Å². The highest BCUT2D eigenvalue weighted by molar-refractivity contribution is 5.93. The van der Waals surface area contributed by atoms with E-state index in [9.17, 15) is 43.5 Å². The molecule has 7 N–H and O–H groups in total. The number of carboxylic acid groups (broad SMARTS) is 1. The lowest BCUT2D eigenvalue weighted by Gasteiger charge is -2.23. The third kappa shape index (κ3) is 34.4. The minimum absolute atomic E-state index is 0.00634. The van der Waals surface area contributed by atoms with Gasteiger partial charge in [-0.15, -0.1) is 0 Å². The molecule has 0 fully saturated rings. The molecule has 27 nitrogen and oxygen atoms in total. The molecule has 0 heterocycles. The maximum Gasteiger partial charge on any atom is 0.407 e. The van der Waals surface area contributed by atoms with Crippen molar-refractivity contribution in [2.45, 2.75) is 115 Å². The molecule has 1 aliphatic carbocycles. The number of ether oxygens (including phenoxy) is 12. The second-order valence-corrected chi connectivity index (χ2v) is 21.3. The number of amides is 6. The Labute approximate surface area is 516 Å². The summed E-state index contributed by atoms with van der Waals surface area (Å²) in [5.74, 6) is -5.18. The minimum atomic E-state index is -1.28. The van der Waals surface area contributed by atoms with Crippen LogP contribution in [0.2, 0.25) is 0 Å². The van der Waals surface area contributed by atoms with Crippen molar-refractivity contribution < 1.29 is 100 Å². The van der Waals surface area contributed by atoms with E-state index in [2.05, 4.69) is 31.9 Å². The van der Waals surface area contributed by atoms with E-state index in [1.54, 1.807) is 27.9 Å². The molecule has 0 radical (unpaired) electrons. The van der Waals surface area contributed by atoms with Crippen LogP contribution in [0.5, 0.6) is 0 Å². The highest BCUT2D eigenvalue weighted by Crippen LogP contribution is 2.44. The lowest BCUT2D eigenvalue weighted by molar-refractivity contribution is -0.155. The Balaban J connectivity index is 1.34. The second-order valence-electron chi connectivity index (χ2n) is 21.3. The summed E-state index contributed by atoms with van der Waals surface area (Å²) in [6.07, 6.45) is -0.272. The molecule has 0 spiro atoms. The first-order valence-corrected chi connectivity index (χ1v) is 30.1. The van der Waals surface area contributed by atoms with Crippen LogP contribution in [0.4, 0.5) is 4.79 Å². The van der Waals surface area contributed by atoms with Gasteiger partial charge in [0.2, 0.25) is 29.5 Å². The highest BCUT2D eigenvalue weighted by atomic mass is 16.6. The number of carbonyl (C=O) groups excluding carboxylic acids is 7. The summed E-state index contributed by atoms with van der Waals surface area (Å²) >= 11 is 0. The Morgan fingerprint density at radius 2 is 0.943 bits per heavy atom. The molecule has 0 unspecified atom stereocenters. The van der Waals surface area contributed by atoms with Crippen LogP contribution in [-0.2, 0) is 90.4 Å². The average Bonchev–Trinajstić information content (AvgIpc) is 1.84. The first-order valence-electron chi connectivity index (χ1n) is 30.1. The number of esters is 1. The summed E-state index contributed by atoms with van der Waals surface area (Å²) in [6.45, 7) is 15.5. The molecule has 0 aromatic heterocycles. The minimum Gasteiger partial charge on any atom is -0.480 e. The molecule has 496 valence electrons. The second kappa shape index (κ2) is 45.8. The Bertz CT molecular complexity index is 2310. The number of fused-ring (bicyclic) bond motifs is 3. The van der Waals surface area contributed by atoms with Crippen molar-refractivity contribution in [2.75, 3.05) is 152 Å². The van der Waals surface area contributed by atoms with Gasteiger partial charge in [0.1, 0.15) is 43.0 Å². The number of carbonyl (C=O) groups is 8. The number of carboxylic acids is 1. The number of aliphatic carboxylic acids is 1. The van der Waals surface area contributed by atoms with E-state index >= 15 is 0 Å². The Morgan fingerprint density at radius 1 is 0.489 bits per heavy atom. The number of nitrogens with one attached hydrogen (secondary N) is 6. The maximum absolute atomic E-state index is 13.7. The van der Waals surface area contributed by atoms with Gasteiger partial charge in [0.05, 0.1) is 119 Å². The molecule has 0 saturated carbocycles. The van der Waals surface area contributed by atoms with Gasteiger partial charge in [0.15, 0.2) is 0 Å². The standard InChI is InChI=1S/C61H96N6O21/c1-44(56(71)65-45(2)59(74)75)64-58(73)52(20-21-55(70)88-61(3,4)5)66-53(68)19-13-23-63-57(72)51(67-60(76)87-42-50-48-16-9-7-14-46(48)47-15-8-10-17-49(47)50)18-11-12-22-62-54(69)43-86-41-40-85-39-38-84-37-36-83-35-34-82-33-32-81-31-30-80-29-28-79-27-26-78-25-24-77-6/h7-10,14-17,44-45,50-52H,11-13,18-43H2,1-6H3,(H,62,69)(H,63,72)(H,64,73)(H,65,71)(H,66,68)(H,67,76)(H,74,75)/t44-,45-,51-,52-/m0/s1. The summed E-state index contributed by atoms with van der Waals surface area (Å²) in [5.41, 5.74) is 3.33. The fourth-order valence-corrected chi connectivity index (χ4v) is 8.42. The molecule has 0 bridgehead atoms. The fraction of sp³-hybridized carbons (Fsp3) is 0.672. The lowest BCUT2D eigenvalue weighted by Crippen LogP contribution is -2.54. The molecule has 1 aliphatic rings. The third-order valence-corrected chi connectivity index (χ3v) is 12.9. The van der Waals surface area contributed by atoms with E-state index < -0.39 is 71.4 Å². The monoisotopic (exact) mass is 1250 g/mol. The smallest absolute Gasteiger partial charge is 0.407 e.